The lowest BCUT2D eigenvalue weighted by atomic mass is 10.1. The predicted octanol–water partition coefficient (Wildman–Crippen LogP) is 1.90. The van der Waals surface area contributed by atoms with E-state index in [0.717, 1.165) is 12.1 Å². The summed E-state index contributed by atoms with van der Waals surface area (Å²) in [7, 11) is 0. The lowest BCUT2D eigenvalue weighted by Crippen LogP contribution is -2.32. The minimum Gasteiger partial charge on any atom is -0.370 e. The van der Waals surface area contributed by atoms with Gasteiger partial charge in [-0.05, 0) is 24.1 Å². The van der Waals surface area contributed by atoms with E-state index in [9.17, 15) is 4.79 Å². The van der Waals surface area contributed by atoms with Crippen LogP contribution in [0.1, 0.15) is 12.5 Å². The highest BCUT2D eigenvalue weighted by Gasteiger charge is 2.02. The highest BCUT2D eigenvalue weighted by molar-refractivity contribution is 14.0. The summed E-state index contributed by atoms with van der Waals surface area (Å²) in [5, 5.41) is 5.58. The molecule has 0 saturated heterocycles. The van der Waals surface area contributed by atoms with E-state index in [0.29, 0.717) is 6.54 Å². The van der Waals surface area contributed by atoms with Crippen molar-refractivity contribution in [1.29, 1.82) is 0 Å². The molecular weight excluding hydrogens is 367 g/mol. The van der Waals surface area contributed by atoms with Gasteiger partial charge >= 0.3 is 0 Å². The van der Waals surface area contributed by atoms with Crippen LogP contribution in [0.15, 0.2) is 41.9 Å². The van der Waals surface area contributed by atoms with Crippen molar-refractivity contribution >= 4 is 41.5 Å². The molecule has 0 fully saturated rings. The fourth-order valence-corrected chi connectivity index (χ4v) is 1.46. The summed E-state index contributed by atoms with van der Waals surface area (Å²) >= 11 is 0. The highest BCUT2D eigenvalue weighted by Crippen LogP contribution is 2.10. The minimum atomic E-state index is -0.198. The van der Waals surface area contributed by atoms with E-state index in [1.165, 1.54) is 5.56 Å². The Bertz CT molecular complexity index is 474. The SMILES string of the molecule is C=CCNC(N)=NCC(=O)Nc1cccc(CC)c1.I. The number of hydrogen-bond acceptors (Lipinski definition) is 2. The van der Waals surface area contributed by atoms with Crippen LogP contribution in [0.5, 0.6) is 0 Å². The number of carbonyl (C=O) groups excluding carboxylic acids is 1. The quantitative estimate of drug-likeness (QED) is 0.302. The van der Waals surface area contributed by atoms with E-state index in [4.69, 9.17) is 5.73 Å². The van der Waals surface area contributed by atoms with Gasteiger partial charge in [0.25, 0.3) is 0 Å². The molecule has 0 aliphatic heterocycles. The van der Waals surface area contributed by atoms with Crippen LogP contribution in [0.25, 0.3) is 0 Å². The van der Waals surface area contributed by atoms with Gasteiger partial charge in [0.05, 0.1) is 0 Å². The summed E-state index contributed by atoms with van der Waals surface area (Å²) in [6.45, 7) is 6.13. The average molecular weight is 388 g/mol. The van der Waals surface area contributed by atoms with Crippen molar-refractivity contribution in [3.8, 4) is 0 Å². The van der Waals surface area contributed by atoms with Crippen LogP contribution < -0.4 is 16.4 Å². The van der Waals surface area contributed by atoms with Crippen molar-refractivity contribution in [2.75, 3.05) is 18.4 Å². The highest BCUT2D eigenvalue weighted by atomic mass is 127. The van der Waals surface area contributed by atoms with E-state index in [1.54, 1.807) is 6.08 Å². The molecule has 0 bridgehead atoms. The largest absolute Gasteiger partial charge is 0.370 e. The molecule has 1 amide bonds. The Labute approximate surface area is 136 Å². The Morgan fingerprint density at radius 3 is 2.90 bits per heavy atom. The molecule has 1 rings (SSSR count). The molecule has 0 heterocycles. The number of benzene rings is 1. The van der Waals surface area contributed by atoms with E-state index < -0.39 is 0 Å². The van der Waals surface area contributed by atoms with Crippen LogP contribution in [0.4, 0.5) is 5.69 Å². The van der Waals surface area contributed by atoms with Crippen molar-refractivity contribution in [2.45, 2.75) is 13.3 Å². The fourth-order valence-electron chi connectivity index (χ4n) is 1.46. The maximum Gasteiger partial charge on any atom is 0.246 e. The Balaban J connectivity index is 0.00000361. The van der Waals surface area contributed by atoms with Crippen molar-refractivity contribution in [3.63, 3.8) is 0 Å². The van der Waals surface area contributed by atoms with Gasteiger partial charge in [-0.1, -0.05) is 25.1 Å². The van der Waals surface area contributed by atoms with Crippen LogP contribution in [-0.4, -0.2) is 25.0 Å². The van der Waals surface area contributed by atoms with Gasteiger partial charge in [-0.3, -0.25) is 4.79 Å². The Morgan fingerprint density at radius 1 is 1.50 bits per heavy atom. The number of nitrogens with one attached hydrogen (secondary N) is 2. The maximum absolute atomic E-state index is 11.7. The van der Waals surface area contributed by atoms with Crippen LogP contribution in [0.3, 0.4) is 0 Å². The number of carbonyl (C=O) groups is 1. The van der Waals surface area contributed by atoms with Crippen LogP contribution in [-0.2, 0) is 11.2 Å². The third kappa shape index (κ3) is 7.13. The van der Waals surface area contributed by atoms with Gasteiger partial charge in [-0.15, -0.1) is 30.6 Å². The lowest BCUT2D eigenvalue weighted by Gasteiger charge is -2.06. The summed E-state index contributed by atoms with van der Waals surface area (Å²) in [6, 6.07) is 7.73. The number of guanidine groups is 1. The van der Waals surface area contributed by atoms with E-state index in [-0.39, 0.29) is 42.4 Å². The van der Waals surface area contributed by atoms with E-state index in [1.807, 2.05) is 24.3 Å². The molecule has 0 aliphatic carbocycles. The van der Waals surface area contributed by atoms with Crippen LogP contribution in [0.2, 0.25) is 0 Å². The van der Waals surface area contributed by atoms with Gasteiger partial charge in [0.15, 0.2) is 5.96 Å². The topological polar surface area (TPSA) is 79.5 Å². The average Bonchev–Trinajstić information content (AvgIpc) is 2.43. The van der Waals surface area contributed by atoms with Crippen molar-refractivity contribution in [1.82, 2.24) is 5.32 Å². The van der Waals surface area contributed by atoms with Crippen molar-refractivity contribution in [2.24, 2.45) is 10.7 Å². The van der Waals surface area contributed by atoms with Gasteiger partial charge in [0, 0.05) is 12.2 Å². The second-order valence-corrected chi connectivity index (χ2v) is 3.97. The first-order valence-corrected chi connectivity index (χ1v) is 6.19. The maximum atomic E-state index is 11.7. The Morgan fingerprint density at radius 2 is 2.25 bits per heavy atom. The van der Waals surface area contributed by atoms with Gasteiger partial charge in [-0.2, -0.15) is 0 Å². The number of amides is 1. The first-order chi connectivity index (χ1) is 9.15. The number of hydrogen-bond donors (Lipinski definition) is 3. The summed E-state index contributed by atoms with van der Waals surface area (Å²) < 4.78 is 0. The number of aliphatic imine (C=N–C) groups is 1. The molecule has 0 unspecified atom stereocenters. The zero-order chi connectivity index (χ0) is 14.1. The summed E-state index contributed by atoms with van der Waals surface area (Å²) in [5.74, 6) is 0.0361. The Kier molecular flexibility index (Phi) is 9.44. The van der Waals surface area contributed by atoms with Gasteiger partial charge < -0.3 is 16.4 Å². The second-order valence-electron chi connectivity index (χ2n) is 3.97. The molecule has 0 atom stereocenters. The first-order valence-electron chi connectivity index (χ1n) is 6.19. The zero-order valence-electron chi connectivity index (χ0n) is 11.6. The zero-order valence-corrected chi connectivity index (χ0v) is 13.9. The lowest BCUT2D eigenvalue weighted by molar-refractivity contribution is -0.114. The van der Waals surface area contributed by atoms with Crippen molar-refractivity contribution in [3.05, 3.63) is 42.5 Å². The molecule has 1 aromatic carbocycles. The smallest absolute Gasteiger partial charge is 0.246 e. The molecule has 5 nitrogen and oxygen atoms in total. The third-order valence-corrected chi connectivity index (χ3v) is 2.44. The van der Waals surface area contributed by atoms with Crippen LogP contribution >= 0.6 is 24.0 Å². The van der Waals surface area contributed by atoms with E-state index >= 15 is 0 Å². The standard InChI is InChI=1S/C14H20N4O.HI/c1-3-8-16-14(15)17-10-13(19)18-12-7-5-6-11(4-2)9-12;/h3,5-7,9H,1,4,8,10H2,2H3,(H,18,19)(H3,15,16,17);1H. The van der Waals surface area contributed by atoms with E-state index in [2.05, 4.69) is 29.1 Å². The summed E-state index contributed by atoms with van der Waals surface area (Å²) in [6.07, 6.45) is 2.60. The summed E-state index contributed by atoms with van der Waals surface area (Å²) in [4.78, 5) is 15.6. The minimum absolute atomic E-state index is 0. The Hall–Kier alpha value is -1.57. The number of nitrogens with two attached hydrogens (primary N) is 1. The molecule has 0 radical (unpaired) electrons. The predicted molar refractivity (Wildman–Crippen MR) is 94.6 cm³/mol. The first kappa shape index (κ1) is 18.4. The third-order valence-electron chi connectivity index (χ3n) is 2.44. The number of nitrogens with zero attached hydrogens (tertiary/aromatic N) is 1. The molecular formula is C14H21IN4O. The molecule has 0 aliphatic rings. The molecule has 0 aromatic heterocycles. The van der Waals surface area contributed by atoms with Crippen LogP contribution in [0, 0.1) is 0 Å². The van der Waals surface area contributed by atoms with Gasteiger partial charge in [-0.25, -0.2) is 4.99 Å². The molecule has 20 heavy (non-hydrogen) atoms. The molecule has 0 spiro atoms. The number of aryl methyl sites for hydroxylation is 1. The molecule has 6 heteroatoms. The normalized spacial score (nSPS) is 10.3. The summed E-state index contributed by atoms with van der Waals surface area (Å²) in [5.41, 5.74) is 7.51. The fraction of sp³-hybridized carbons (Fsp3) is 0.286. The van der Waals surface area contributed by atoms with Gasteiger partial charge in [0.1, 0.15) is 6.54 Å². The number of halogens is 1. The molecule has 0 saturated carbocycles. The van der Waals surface area contributed by atoms with Gasteiger partial charge in [0.2, 0.25) is 5.91 Å². The van der Waals surface area contributed by atoms with Crippen molar-refractivity contribution < 1.29 is 4.79 Å². The number of rotatable bonds is 6. The molecule has 4 N–H and O–H groups in total. The molecule has 110 valence electrons. The molecule has 1 aromatic rings. The second kappa shape index (κ2) is 10.2. The monoisotopic (exact) mass is 388 g/mol. The number of anilines is 1.